The van der Waals surface area contributed by atoms with Crippen LogP contribution in [0, 0.1) is 18.7 Å². The van der Waals surface area contributed by atoms with Crippen molar-refractivity contribution in [1.82, 2.24) is 9.80 Å². The van der Waals surface area contributed by atoms with Crippen LogP contribution in [-0.4, -0.2) is 78.7 Å². The van der Waals surface area contributed by atoms with Gasteiger partial charge in [0.1, 0.15) is 23.7 Å². The van der Waals surface area contributed by atoms with E-state index in [1.54, 1.807) is 36.4 Å². The fraction of sp³-hybridized carbons (Fsp3) is 0.424. The smallest absolute Gasteiger partial charge is 0.321 e. The van der Waals surface area contributed by atoms with Crippen LogP contribution >= 0.6 is 23.2 Å². The number of piperidine rings is 2. The van der Waals surface area contributed by atoms with Crippen LogP contribution in [0.25, 0.3) is 0 Å². The van der Waals surface area contributed by atoms with Gasteiger partial charge in [-0.2, -0.15) is 8.42 Å². The Balaban J connectivity index is 0.000000392. The molecule has 2 saturated heterocycles. The summed E-state index contributed by atoms with van der Waals surface area (Å²) in [5.74, 6) is 0.258. The van der Waals surface area contributed by atoms with E-state index in [0.717, 1.165) is 75.3 Å². The number of carboxylic acids is 1. The second kappa shape index (κ2) is 16.2. The minimum absolute atomic E-state index is 0.0741. The first kappa shape index (κ1) is 35.1. The quantitative estimate of drug-likeness (QED) is 0.243. The highest BCUT2D eigenvalue weighted by atomic mass is 35.5. The van der Waals surface area contributed by atoms with E-state index in [1.165, 1.54) is 24.3 Å². The zero-order valence-electron chi connectivity index (χ0n) is 25.1. The lowest BCUT2D eigenvalue weighted by Gasteiger charge is -2.39. The summed E-state index contributed by atoms with van der Waals surface area (Å²) in [6, 6.07) is 16.7. The molecule has 0 radical (unpaired) electrons. The van der Waals surface area contributed by atoms with Crippen LogP contribution in [0.1, 0.15) is 36.8 Å². The fourth-order valence-corrected chi connectivity index (χ4v) is 6.63. The van der Waals surface area contributed by atoms with Crippen LogP contribution in [0.2, 0.25) is 10.0 Å². The van der Waals surface area contributed by atoms with E-state index >= 15 is 0 Å². The predicted molar refractivity (Wildman–Crippen MR) is 173 cm³/mol. The Labute approximate surface area is 274 Å². The Hall–Kier alpha value is -2.73. The molecule has 5 rings (SSSR count). The molecule has 3 aromatic carbocycles. The Morgan fingerprint density at radius 1 is 0.956 bits per heavy atom. The largest absolute Gasteiger partial charge is 0.490 e. The van der Waals surface area contributed by atoms with Crippen molar-refractivity contribution < 1.29 is 32.0 Å². The first-order valence-electron chi connectivity index (χ1n) is 15.0. The van der Waals surface area contributed by atoms with E-state index in [9.17, 15) is 22.7 Å². The molecule has 12 heteroatoms. The molecule has 2 fully saturated rings. The van der Waals surface area contributed by atoms with E-state index in [4.69, 9.17) is 32.5 Å². The molecular formula is C33H39Cl2FN2O6S. The molecule has 0 saturated carbocycles. The van der Waals surface area contributed by atoms with Crippen LogP contribution in [0.5, 0.6) is 5.75 Å². The van der Waals surface area contributed by atoms with Crippen molar-refractivity contribution in [3.63, 3.8) is 0 Å². The SMILES string of the molecule is Cc1c(OC2CCN(CC3CCN([C@@H](Cc4ccc(F)cc4)C(=O)O)CC3)CC2)ccc(Cl)c1Cl.O=S(=O)(O)c1ccccc1. The summed E-state index contributed by atoms with van der Waals surface area (Å²) in [5.41, 5.74) is 1.73. The first-order valence-corrected chi connectivity index (χ1v) is 17.2. The maximum absolute atomic E-state index is 13.2. The Bertz CT molecular complexity index is 1510. The zero-order chi connectivity index (χ0) is 32.6. The summed E-state index contributed by atoms with van der Waals surface area (Å²) < 4.78 is 48.7. The first-order chi connectivity index (χ1) is 21.4. The number of likely N-dealkylation sites (tertiary alicyclic amines) is 2. The molecule has 2 aliphatic heterocycles. The van der Waals surface area contributed by atoms with Crippen LogP contribution in [0.3, 0.4) is 0 Å². The molecule has 2 heterocycles. The number of halogens is 3. The topological polar surface area (TPSA) is 107 Å². The molecule has 2 aliphatic rings. The second-order valence-electron chi connectivity index (χ2n) is 11.6. The number of carboxylic acid groups (broad SMARTS) is 1. The van der Waals surface area contributed by atoms with E-state index < -0.39 is 22.1 Å². The van der Waals surface area contributed by atoms with Crippen molar-refractivity contribution in [2.45, 2.75) is 56.1 Å². The number of ether oxygens (including phenoxy) is 1. The van der Waals surface area contributed by atoms with Crippen molar-refractivity contribution in [3.8, 4) is 5.75 Å². The van der Waals surface area contributed by atoms with Gasteiger partial charge in [-0.25, -0.2) is 4.39 Å². The molecule has 0 unspecified atom stereocenters. The minimum atomic E-state index is -4.00. The second-order valence-corrected chi connectivity index (χ2v) is 13.8. The molecular weight excluding hydrogens is 642 g/mol. The molecule has 2 N–H and O–H groups in total. The van der Waals surface area contributed by atoms with E-state index in [2.05, 4.69) is 9.80 Å². The fourth-order valence-electron chi connectivity index (χ4n) is 5.77. The van der Waals surface area contributed by atoms with Gasteiger partial charge in [0.15, 0.2) is 0 Å². The Morgan fingerprint density at radius 3 is 2.13 bits per heavy atom. The third-order valence-electron chi connectivity index (χ3n) is 8.39. The summed E-state index contributed by atoms with van der Waals surface area (Å²) in [5, 5.41) is 10.9. The maximum Gasteiger partial charge on any atom is 0.321 e. The predicted octanol–water partition coefficient (Wildman–Crippen LogP) is 6.63. The van der Waals surface area contributed by atoms with Gasteiger partial charge in [-0.3, -0.25) is 14.2 Å². The van der Waals surface area contributed by atoms with Gasteiger partial charge in [0.05, 0.1) is 14.9 Å². The van der Waals surface area contributed by atoms with Gasteiger partial charge in [0.25, 0.3) is 10.1 Å². The molecule has 1 atom stereocenters. The van der Waals surface area contributed by atoms with Crippen molar-refractivity contribution >= 4 is 39.3 Å². The Morgan fingerprint density at radius 2 is 1.58 bits per heavy atom. The lowest BCUT2D eigenvalue weighted by atomic mass is 9.93. The molecule has 0 amide bonds. The summed E-state index contributed by atoms with van der Waals surface area (Å²) in [4.78, 5) is 16.4. The van der Waals surface area contributed by atoms with E-state index in [1.807, 2.05) is 13.0 Å². The average molecular weight is 682 g/mol. The van der Waals surface area contributed by atoms with Gasteiger partial charge in [-0.05, 0) is 100.0 Å². The summed E-state index contributed by atoms with van der Waals surface area (Å²) >= 11 is 12.3. The lowest BCUT2D eigenvalue weighted by Crippen LogP contribution is -2.48. The number of hydrogen-bond acceptors (Lipinski definition) is 6. The Kier molecular flexibility index (Phi) is 12.6. The number of carbonyl (C=O) groups is 1. The number of benzene rings is 3. The summed E-state index contributed by atoms with van der Waals surface area (Å²) in [6.45, 7) is 6.51. The minimum Gasteiger partial charge on any atom is -0.490 e. The lowest BCUT2D eigenvalue weighted by molar-refractivity contribution is -0.144. The van der Waals surface area contributed by atoms with Crippen molar-refractivity contribution in [2.75, 3.05) is 32.7 Å². The molecule has 8 nitrogen and oxygen atoms in total. The monoisotopic (exact) mass is 680 g/mol. The van der Waals surface area contributed by atoms with Crippen LogP contribution in [0.15, 0.2) is 71.6 Å². The normalized spacial score (nSPS) is 17.7. The van der Waals surface area contributed by atoms with E-state index in [0.29, 0.717) is 22.4 Å². The van der Waals surface area contributed by atoms with Gasteiger partial charge < -0.3 is 14.7 Å². The van der Waals surface area contributed by atoms with Gasteiger partial charge in [-0.1, -0.05) is 53.5 Å². The van der Waals surface area contributed by atoms with Gasteiger partial charge in [-0.15, -0.1) is 0 Å². The van der Waals surface area contributed by atoms with Crippen LogP contribution in [-0.2, 0) is 21.3 Å². The van der Waals surface area contributed by atoms with Crippen LogP contribution < -0.4 is 4.74 Å². The van der Waals surface area contributed by atoms with Crippen molar-refractivity contribution in [1.29, 1.82) is 0 Å². The van der Waals surface area contributed by atoms with Crippen LogP contribution in [0.4, 0.5) is 4.39 Å². The van der Waals surface area contributed by atoms with Gasteiger partial charge >= 0.3 is 5.97 Å². The van der Waals surface area contributed by atoms with Gasteiger partial charge in [0.2, 0.25) is 0 Å². The van der Waals surface area contributed by atoms with E-state index in [-0.39, 0.29) is 16.8 Å². The highest BCUT2D eigenvalue weighted by Crippen LogP contribution is 2.33. The molecule has 0 bridgehead atoms. The summed E-state index contributed by atoms with van der Waals surface area (Å²) in [7, 11) is -4.00. The molecule has 3 aromatic rings. The highest BCUT2D eigenvalue weighted by Gasteiger charge is 2.31. The summed E-state index contributed by atoms with van der Waals surface area (Å²) in [6.07, 6.45) is 4.49. The zero-order valence-corrected chi connectivity index (χ0v) is 27.4. The number of nitrogens with zero attached hydrogens (tertiary/aromatic N) is 2. The average Bonchev–Trinajstić information content (AvgIpc) is 3.03. The standard InChI is InChI=1S/C27H33Cl2FN2O3.C6H6O3S/c1-18-25(7-6-23(28)26(18)29)35-22-10-12-31(13-11-22)17-20-8-14-32(15-9-20)24(27(33)34)16-19-2-4-21(30)5-3-19;7-10(8,9)6-4-2-1-3-5-6/h2-7,20,22,24H,8-17H2,1H3,(H,33,34);1-5H,(H,7,8,9)/t24-;/m0./s1. The number of hydrogen-bond donors (Lipinski definition) is 2. The molecule has 244 valence electrons. The number of aliphatic carboxylic acids is 1. The molecule has 0 aliphatic carbocycles. The maximum atomic E-state index is 13.2. The number of rotatable bonds is 9. The van der Waals surface area contributed by atoms with Crippen molar-refractivity contribution in [3.05, 3.63) is 93.7 Å². The van der Waals surface area contributed by atoms with Gasteiger partial charge in [0, 0.05) is 25.2 Å². The molecule has 45 heavy (non-hydrogen) atoms. The molecule has 0 spiro atoms. The third kappa shape index (κ3) is 10.4. The third-order valence-corrected chi connectivity index (χ3v) is 10.2. The van der Waals surface area contributed by atoms with Crippen molar-refractivity contribution in [2.24, 2.45) is 5.92 Å². The highest BCUT2D eigenvalue weighted by molar-refractivity contribution is 7.85. The molecule has 0 aromatic heterocycles.